The van der Waals surface area contributed by atoms with Crippen LogP contribution in [0.5, 0.6) is 0 Å². The minimum Gasteiger partial charge on any atom is -0.465 e. The number of carbonyl (C=O) groups is 1. The molecule has 0 radical (unpaired) electrons. The highest BCUT2D eigenvalue weighted by atomic mass is 32.2. The van der Waals surface area contributed by atoms with Crippen molar-refractivity contribution in [3.63, 3.8) is 0 Å². The number of hydrogen-bond donors (Lipinski definition) is 0. The lowest BCUT2D eigenvalue weighted by atomic mass is 10.0. The van der Waals surface area contributed by atoms with Gasteiger partial charge in [0, 0.05) is 11.7 Å². The molecular formula is C15H16FNO4S. The molecule has 0 unspecified atom stereocenters. The molecule has 1 fully saturated rings. The molecule has 0 amide bonds. The third-order valence-corrected chi connectivity index (χ3v) is 6.17. The van der Waals surface area contributed by atoms with Crippen LogP contribution in [0.2, 0.25) is 0 Å². The average molecular weight is 325 g/mol. The second kappa shape index (κ2) is 5.69. The number of esters is 1. The van der Waals surface area contributed by atoms with Crippen molar-refractivity contribution < 1.29 is 22.3 Å². The van der Waals surface area contributed by atoms with Crippen molar-refractivity contribution in [3.8, 4) is 6.07 Å². The highest BCUT2D eigenvalue weighted by Crippen LogP contribution is 2.63. The molecule has 1 aliphatic rings. The van der Waals surface area contributed by atoms with Crippen molar-refractivity contribution in [2.24, 2.45) is 5.41 Å². The molecule has 0 saturated heterocycles. The van der Waals surface area contributed by atoms with E-state index in [4.69, 9.17) is 4.74 Å². The molecule has 1 aromatic rings. The maximum absolute atomic E-state index is 13.0. The first kappa shape index (κ1) is 16.4. The number of hydrogen-bond acceptors (Lipinski definition) is 5. The summed E-state index contributed by atoms with van der Waals surface area (Å²) < 4.78 is 42.5. The summed E-state index contributed by atoms with van der Waals surface area (Å²) in [6, 6.07) is 7.00. The van der Waals surface area contributed by atoms with Gasteiger partial charge in [0.05, 0.1) is 12.7 Å². The maximum Gasteiger partial charge on any atom is 0.328 e. The number of ether oxygens (including phenoxy) is 1. The lowest BCUT2D eigenvalue weighted by Crippen LogP contribution is -2.26. The SMILES string of the molecule is CCOC(=O)[C@]1(C#N)[C@H](c2ccc(F)cc2)[C@H]1S(=O)(=O)CC. The third kappa shape index (κ3) is 2.37. The Balaban J connectivity index is 2.52. The van der Waals surface area contributed by atoms with Crippen LogP contribution in [0.4, 0.5) is 4.39 Å². The fraction of sp³-hybridized carbons (Fsp3) is 0.467. The van der Waals surface area contributed by atoms with Crippen LogP contribution >= 0.6 is 0 Å². The van der Waals surface area contributed by atoms with Crippen LogP contribution in [0.3, 0.4) is 0 Å². The van der Waals surface area contributed by atoms with Gasteiger partial charge in [-0.3, -0.25) is 4.79 Å². The number of sulfone groups is 1. The molecule has 0 bridgehead atoms. The van der Waals surface area contributed by atoms with Gasteiger partial charge in [0.25, 0.3) is 0 Å². The highest BCUT2D eigenvalue weighted by molar-refractivity contribution is 7.92. The first-order chi connectivity index (χ1) is 10.3. The van der Waals surface area contributed by atoms with Gasteiger partial charge in [0.1, 0.15) is 11.1 Å². The summed E-state index contributed by atoms with van der Waals surface area (Å²) in [5, 5.41) is 8.33. The Kier molecular flexibility index (Phi) is 4.25. The van der Waals surface area contributed by atoms with Crippen LogP contribution in [0.1, 0.15) is 25.3 Å². The molecule has 0 N–H and O–H groups in total. The minimum atomic E-state index is -3.63. The molecule has 22 heavy (non-hydrogen) atoms. The van der Waals surface area contributed by atoms with Crippen LogP contribution < -0.4 is 0 Å². The van der Waals surface area contributed by atoms with Crippen LogP contribution in [0.15, 0.2) is 24.3 Å². The molecule has 118 valence electrons. The van der Waals surface area contributed by atoms with Gasteiger partial charge in [-0.25, -0.2) is 12.8 Å². The second-order valence-corrected chi connectivity index (χ2v) is 7.51. The van der Waals surface area contributed by atoms with Gasteiger partial charge in [0.15, 0.2) is 15.3 Å². The normalized spacial score (nSPS) is 27.0. The van der Waals surface area contributed by atoms with Gasteiger partial charge < -0.3 is 4.74 Å². The summed E-state index contributed by atoms with van der Waals surface area (Å²) in [5.74, 6) is -2.33. The van der Waals surface area contributed by atoms with E-state index in [1.165, 1.54) is 31.2 Å². The molecule has 3 atom stereocenters. The Labute approximate surface area is 128 Å². The smallest absolute Gasteiger partial charge is 0.328 e. The van der Waals surface area contributed by atoms with E-state index < -0.39 is 38.2 Å². The number of nitrogens with zero attached hydrogens (tertiary/aromatic N) is 1. The van der Waals surface area contributed by atoms with Crippen LogP contribution in [-0.2, 0) is 19.4 Å². The van der Waals surface area contributed by atoms with E-state index >= 15 is 0 Å². The fourth-order valence-corrected chi connectivity index (χ4v) is 4.74. The molecule has 1 aliphatic carbocycles. The van der Waals surface area contributed by atoms with Crippen molar-refractivity contribution in [2.75, 3.05) is 12.4 Å². The summed E-state index contributed by atoms with van der Waals surface area (Å²) in [6.45, 7) is 3.10. The monoisotopic (exact) mass is 325 g/mol. The van der Waals surface area contributed by atoms with Crippen molar-refractivity contribution in [2.45, 2.75) is 25.0 Å². The van der Waals surface area contributed by atoms with Gasteiger partial charge >= 0.3 is 5.97 Å². The topological polar surface area (TPSA) is 84.2 Å². The predicted octanol–water partition coefficient (Wildman–Crippen LogP) is 1.80. The van der Waals surface area contributed by atoms with Crippen molar-refractivity contribution in [1.82, 2.24) is 0 Å². The second-order valence-electron chi connectivity index (χ2n) is 5.10. The minimum absolute atomic E-state index is 0.0529. The Morgan fingerprint density at radius 3 is 2.41 bits per heavy atom. The predicted molar refractivity (Wildman–Crippen MR) is 77.1 cm³/mol. The molecule has 1 saturated carbocycles. The zero-order valence-corrected chi connectivity index (χ0v) is 13.1. The van der Waals surface area contributed by atoms with Gasteiger partial charge in [-0.05, 0) is 24.6 Å². The molecule has 7 heteroatoms. The number of nitriles is 1. The fourth-order valence-electron chi connectivity index (χ4n) is 2.81. The van der Waals surface area contributed by atoms with Crippen LogP contribution in [-0.4, -0.2) is 32.0 Å². The molecule has 0 aromatic heterocycles. The Morgan fingerprint density at radius 2 is 1.95 bits per heavy atom. The Bertz CT molecular complexity index is 723. The van der Waals surface area contributed by atoms with Gasteiger partial charge in [-0.15, -0.1) is 0 Å². The lowest BCUT2D eigenvalue weighted by molar-refractivity contribution is -0.147. The van der Waals surface area contributed by atoms with Crippen molar-refractivity contribution in [3.05, 3.63) is 35.6 Å². The number of rotatable bonds is 5. The Hall–Kier alpha value is -1.94. The first-order valence-corrected chi connectivity index (χ1v) is 8.62. The Morgan fingerprint density at radius 1 is 1.36 bits per heavy atom. The largest absolute Gasteiger partial charge is 0.465 e. The number of halogens is 1. The van der Waals surface area contributed by atoms with Crippen LogP contribution in [0.25, 0.3) is 0 Å². The molecular weight excluding hydrogens is 309 g/mol. The van der Waals surface area contributed by atoms with Crippen molar-refractivity contribution in [1.29, 1.82) is 5.26 Å². The molecule has 0 aliphatic heterocycles. The maximum atomic E-state index is 13.0. The molecule has 5 nitrogen and oxygen atoms in total. The van der Waals surface area contributed by atoms with E-state index in [1.807, 2.05) is 6.07 Å². The van der Waals surface area contributed by atoms with Crippen LogP contribution in [0, 0.1) is 22.6 Å². The summed E-state index contributed by atoms with van der Waals surface area (Å²) in [6.07, 6.45) is 0. The summed E-state index contributed by atoms with van der Waals surface area (Å²) in [5.41, 5.74) is -1.30. The molecule has 0 heterocycles. The molecule has 2 rings (SSSR count). The molecule has 0 spiro atoms. The highest BCUT2D eigenvalue weighted by Gasteiger charge is 2.77. The van der Waals surface area contributed by atoms with E-state index in [0.717, 1.165) is 0 Å². The average Bonchev–Trinajstić information content (AvgIpc) is 3.20. The van der Waals surface area contributed by atoms with E-state index in [-0.39, 0.29) is 12.4 Å². The van der Waals surface area contributed by atoms with E-state index in [0.29, 0.717) is 5.56 Å². The van der Waals surface area contributed by atoms with Gasteiger partial charge in [0.2, 0.25) is 0 Å². The van der Waals surface area contributed by atoms with Crippen molar-refractivity contribution >= 4 is 15.8 Å². The first-order valence-electron chi connectivity index (χ1n) is 6.90. The third-order valence-electron chi connectivity index (χ3n) is 3.95. The standard InChI is InChI=1S/C15H16FNO4S/c1-3-21-14(18)15(9-17)12(13(15)22(19,20)4-2)10-5-7-11(16)8-6-10/h5-8,12-13H,3-4H2,1-2H3/t12-,13-,15-/m1/s1. The van der Waals surface area contributed by atoms with Gasteiger partial charge in [-0.2, -0.15) is 5.26 Å². The summed E-state index contributed by atoms with van der Waals surface area (Å²) >= 11 is 0. The lowest BCUT2D eigenvalue weighted by Gasteiger charge is -2.08. The zero-order valence-electron chi connectivity index (χ0n) is 12.2. The number of benzene rings is 1. The van der Waals surface area contributed by atoms with E-state index in [1.54, 1.807) is 6.92 Å². The van der Waals surface area contributed by atoms with E-state index in [9.17, 15) is 22.9 Å². The summed E-state index contributed by atoms with van der Waals surface area (Å²) in [4.78, 5) is 12.2. The quantitative estimate of drug-likeness (QED) is 0.771. The molecule has 1 aromatic carbocycles. The summed E-state index contributed by atoms with van der Waals surface area (Å²) in [7, 11) is -3.63. The van der Waals surface area contributed by atoms with Gasteiger partial charge in [-0.1, -0.05) is 19.1 Å². The number of carbonyl (C=O) groups excluding carboxylic acids is 1. The van der Waals surface area contributed by atoms with E-state index in [2.05, 4.69) is 0 Å². The zero-order chi connectivity index (χ0) is 16.5.